The van der Waals surface area contributed by atoms with Crippen LogP contribution in [0.25, 0.3) is 0 Å². The summed E-state index contributed by atoms with van der Waals surface area (Å²) in [6, 6.07) is 0. The number of rotatable bonds is 6. The second-order valence-electron chi connectivity index (χ2n) is 3.94. The SMILES string of the molecule is CCC/C=C(\CC)C[C@@H](C)/C=C(/C)I. The fourth-order valence-electron chi connectivity index (χ4n) is 1.59. The molecule has 0 N–H and O–H groups in total. The second kappa shape index (κ2) is 8.51. The molecule has 0 aliphatic heterocycles. The van der Waals surface area contributed by atoms with E-state index in [9.17, 15) is 0 Å². The lowest BCUT2D eigenvalue weighted by atomic mass is 9.98. The molecule has 0 heterocycles. The van der Waals surface area contributed by atoms with Crippen LogP contribution in [0.4, 0.5) is 0 Å². The van der Waals surface area contributed by atoms with Crippen LogP contribution in [0.1, 0.15) is 53.4 Å². The van der Waals surface area contributed by atoms with Crippen LogP contribution in [0.2, 0.25) is 0 Å². The van der Waals surface area contributed by atoms with Crippen molar-refractivity contribution >= 4 is 22.6 Å². The molecule has 0 fully saturated rings. The van der Waals surface area contributed by atoms with Crippen molar-refractivity contribution in [2.24, 2.45) is 5.92 Å². The van der Waals surface area contributed by atoms with Gasteiger partial charge < -0.3 is 0 Å². The third-order valence-electron chi connectivity index (χ3n) is 2.27. The Hall–Kier alpha value is 0.210. The summed E-state index contributed by atoms with van der Waals surface area (Å²) < 4.78 is 1.40. The van der Waals surface area contributed by atoms with Crippen LogP contribution in [0.15, 0.2) is 21.3 Å². The highest BCUT2D eigenvalue weighted by Gasteiger charge is 2.01. The predicted molar refractivity (Wildman–Crippen MR) is 74.8 cm³/mol. The number of halogens is 1. The van der Waals surface area contributed by atoms with E-state index in [1.54, 1.807) is 5.57 Å². The molecule has 0 unspecified atom stereocenters. The molecule has 1 atom stereocenters. The first-order valence-corrected chi connectivity index (χ1v) is 6.69. The van der Waals surface area contributed by atoms with Gasteiger partial charge in [0.1, 0.15) is 0 Å². The number of allylic oxidation sites excluding steroid dienone is 4. The summed E-state index contributed by atoms with van der Waals surface area (Å²) in [6.07, 6.45) is 9.72. The maximum absolute atomic E-state index is 2.42. The lowest BCUT2D eigenvalue weighted by Crippen LogP contribution is -1.93. The third kappa shape index (κ3) is 7.60. The van der Waals surface area contributed by atoms with Crippen molar-refractivity contribution in [3.05, 3.63) is 21.3 Å². The van der Waals surface area contributed by atoms with E-state index in [0.29, 0.717) is 5.92 Å². The Morgan fingerprint density at radius 1 is 1.36 bits per heavy atom. The van der Waals surface area contributed by atoms with Crippen molar-refractivity contribution in [3.63, 3.8) is 0 Å². The van der Waals surface area contributed by atoms with Crippen molar-refractivity contribution < 1.29 is 0 Å². The molecule has 0 rings (SSSR count). The zero-order valence-electron chi connectivity index (χ0n) is 9.94. The maximum atomic E-state index is 2.42. The van der Waals surface area contributed by atoms with Gasteiger partial charge in [0.2, 0.25) is 0 Å². The van der Waals surface area contributed by atoms with Crippen LogP contribution >= 0.6 is 22.6 Å². The molecule has 14 heavy (non-hydrogen) atoms. The molecule has 0 nitrogen and oxygen atoms in total. The van der Waals surface area contributed by atoms with Crippen LogP contribution in [-0.2, 0) is 0 Å². The minimum Gasteiger partial charge on any atom is -0.0853 e. The van der Waals surface area contributed by atoms with Crippen LogP contribution in [0.3, 0.4) is 0 Å². The highest BCUT2D eigenvalue weighted by Crippen LogP contribution is 2.19. The molecule has 0 saturated carbocycles. The zero-order valence-corrected chi connectivity index (χ0v) is 12.1. The molecular formula is C13H23I. The Kier molecular flexibility index (Phi) is 8.64. The summed E-state index contributed by atoms with van der Waals surface area (Å²) in [5.74, 6) is 0.690. The van der Waals surface area contributed by atoms with E-state index in [-0.39, 0.29) is 0 Å². The smallest absolute Gasteiger partial charge is 0.0162 e. The van der Waals surface area contributed by atoms with E-state index in [4.69, 9.17) is 0 Å². The van der Waals surface area contributed by atoms with E-state index < -0.39 is 0 Å². The first-order chi connectivity index (χ1) is 6.60. The van der Waals surface area contributed by atoms with Crippen LogP contribution in [0, 0.1) is 5.92 Å². The molecule has 0 aromatic carbocycles. The van der Waals surface area contributed by atoms with Gasteiger partial charge in [0.15, 0.2) is 0 Å². The van der Waals surface area contributed by atoms with Crippen LogP contribution in [-0.4, -0.2) is 0 Å². The molecule has 0 aromatic heterocycles. The third-order valence-corrected chi connectivity index (χ3v) is 2.63. The quantitative estimate of drug-likeness (QED) is 0.450. The Bertz CT molecular complexity index is 197. The van der Waals surface area contributed by atoms with Gasteiger partial charge in [0.25, 0.3) is 0 Å². The summed E-state index contributed by atoms with van der Waals surface area (Å²) in [6.45, 7) is 8.97. The Balaban J connectivity index is 4.11. The Morgan fingerprint density at radius 2 is 2.00 bits per heavy atom. The summed E-state index contributed by atoms with van der Waals surface area (Å²) in [5.41, 5.74) is 1.62. The van der Waals surface area contributed by atoms with Gasteiger partial charge >= 0.3 is 0 Å². The molecule has 0 radical (unpaired) electrons. The second-order valence-corrected chi connectivity index (χ2v) is 5.64. The standard InChI is InChI=1S/C13H23I/c1-5-7-8-13(6-2)10-11(3)9-12(4)14/h8-9,11H,5-7,10H2,1-4H3/b12-9-,13-8+/t11-/m0/s1. The van der Waals surface area contributed by atoms with E-state index in [0.717, 1.165) is 0 Å². The fraction of sp³-hybridized carbons (Fsp3) is 0.692. The zero-order chi connectivity index (χ0) is 11.0. The molecule has 0 spiro atoms. The minimum atomic E-state index is 0.690. The van der Waals surface area contributed by atoms with E-state index in [1.807, 2.05) is 0 Å². The van der Waals surface area contributed by atoms with Gasteiger partial charge in [0, 0.05) is 0 Å². The molecular weight excluding hydrogens is 283 g/mol. The van der Waals surface area contributed by atoms with Crippen LogP contribution in [0.5, 0.6) is 0 Å². The Morgan fingerprint density at radius 3 is 2.43 bits per heavy atom. The van der Waals surface area contributed by atoms with Crippen molar-refractivity contribution in [2.45, 2.75) is 53.4 Å². The molecule has 0 saturated heterocycles. The van der Waals surface area contributed by atoms with Crippen LogP contribution < -0.4 is 0 Å². The van der Waals surface area contributed by atoms with Gasteiger partial charge in [-0.15, -0.1) is 0 Å². The fourth-order valence-corrected chi connectivity index (χ4v) is 2.20. The number of hydrogen-bond acceptors (Lipinski definition) is 0. The monoisotopic (exact) mass is 306 g/mol. The summed E-state index contributed by atoms with van der Waals surface area (Å²) in [5, 5.41) is 0. The maximum Gasteiger partial charge on any atom is -0.0162 e. The molecule has 82 valence electrons. The van der Waals surface area contributed by atoms with Crippen molar-refractivity contribution in [2.75, 3.05) is 0 Å². The largest absolute Gasteiger partial charge is 0.0853 e. The van der Waals surface area contributed by atoms with Crippen molar-refractivity contribution in [1.82, 2.24) is 0 Å². The highest BCUT2D eigenvalue weighted by molar-refractivity contribution is 14.1. The van der Waals surface area contributed by atoms with E-state index in [1.165, 1.54) is 29.3 Å². The first-order valence-electron chi connectivity index (χ1n) is 5.61. The number of unbranched alkanes of at least 4 members (excludes halogenated alkanes) is 1. The molecule has 0 bridgehead atoms. The van der Waals surface area contributed by atoms with Gasteiger partial charge in [-0.3, -0.25) is 0 Å². The minimum absolute atomic E-state index is 0.690. The van der Waals surface area contributed by atoms with Gasteiger partial charge in [-0.05, 0) is 58.3 Å². The normalized spacial score (nSPS) is 15.8. The van der Waals surface area contributed by atoms with Gasteiger partial charge in [0.05, 0.1) is 0 Å². The lowest BCUT2D eigenvalue weighted by Gasteiger charge is -2.09. The molecule has 0 amide bonds. The first kappa shape index (κ1) is 14.2. The molecule has 0 aliphatic rings. The average Bonchev–Trinajstić information content (AvgIpc) is 2.10. The lowest BCUT2D eigenvalue weighted by molar-refractivity contribution is 0.692. The van der Waals surface area contributed by atoms with Crippen molar-refractivity contribution in [1.29, 1.82) is 0 Å². The van der Waals surface area contributed by atoms with Gasteiger partial charge in [-0.2, -0.15) is 0 Å². The van der Waals surface area contributed by atoms with Gasteiger partial charge in [-0.25, -0.2) is 0 Å². The average molecular weight is 306 g/mol. The Labute approximate surface area is 103 Å². The summed E-state index contributed by atoms with van der Waals surface area (Å²) in [4.78, 5) is 0. The molecule has 0 aliphatic carbocycles. The highest BCUT2D eigenvalue weighted by atomic mass is 127. The van der Waals surface area contributed by atoms with Crippen molar-refractivity contribution in [3.8, 4) is 0 Å². The predicted octanol–water partition coefficient (Wildman–Crippen LogP) is 5.49. The van der Waals surface area contributed by atoms with E-state index in [2.05, 4.69) is 62.4 Å². The van der Waals surface area contributed by atoms with Gasteiger partial charge in [-0.1, -0.05) is 44.9 Å². The molecule has 1 heteroatoms. The topological polar surface area (TPSA) is 0 Å². The summed E-state index contributed by atoms with van der Waals surface area (Å²) in [7, 11) is 0. The molecule has 0 aromatic rings. The number of hydrogen-bond donors (Lipinski definition) is 0. The summed E-state index contributed by atoms with van der Waals surface area (Å²) >= 11 is 2.39. The van der Waals surface area contributed by atoms with E-state index >= 15 is 0 Å².